The van der Waals surface area contributed by atoms with Crippen molar-refractivity contribution in [2.75, 3.05) is 20.8 Å². The largest absolute Gasteiger partial charge is 0.394 e. The number of ether oxygens (including phenoxy) is 3. The third kappa shape index (κ3) is 2.05. The highest BCUT2D eigenvalue weighted by Gasteiger charge is 2.44. The summed E-state index contributed by atoms with van der Waals surface area (Å²) < 4.78 is 14.8. The maximum Gasteiger partial charge on any atom is 0.184 e. The molecular weight excluding hydrogens is 192 g/mol. The van der Waals surface area contributed by atoms with Gasteiger partial charge in [-0.05, 0) is 0 Å². The first-order valence-electron chi connectivity index (χ1n) is 4.33. The zero-order valence-corrected chi connectivity index (χ0v) is 8.16. The van der Waals surface area contributed by atoms with Crippen molar-refractivity contribution in [3.63, 3.8) is 0 Å². The molecule has 0 saturated carbocycles. The van der Waals surface area contributed by atoms with Crippen LogP contribution >= 0.6 is 0 Å². The highest BCUT2D eigenvalue weighted by atomic mass is 16.7. The molecule has 84 valence electrons. The van der Waals surface area contributed by atoms with Gasteiger partial charge in [-0.2, -0.15) is 0 Å². The molecule has 0 aromatic heterocycles. The molecule has 6 nitrogen and oxygen atoms in total. The molecule has 0 radical (unpaired) electrons. The van der Waals surface area contributed by atoms with Crippen molar-refractivity contribution < 1.29 is 29.5 Å². The fourth-order valence-electron chi connectivity index (χ4n) is 1.58. The van der Waals surface area contributed by atoms with E-state index in [1.165, 1.54) is 14.2 Å². The predicted molar refractivity (Wildman–Crippen MR) is 45.6 cm³/mol. The lowest BCUT2D eigenvalue weighted by molar-refractivity contribution is -0.295. The number of hydrogen-bond donors (Lipinski definition) is 3. The number of methoxy groups -OCH3 is 2. The normalized spacial score (nSPS) is 43.9. The van der Waals surface area contributed by atoms with Crippen molar-refractivity contribution in [3.8, 4) is 0 Å². The molecular formula is C8H16O6. The average Bonchev–Trinajstić information content (AvgIpc) is 2.20. The molecule has 6 heteroatoms. The molecule has 5 atom stereocenters. The smallest absolute Gasteiger partial charge is 0.184 e. The van der Waals surface area contributed by atoms with Crippen molar-refractivity contribution in [2.24, 2.45) is 0 Å². The van der Waals surface area contributed by atoms with Crippen molar-refractivity contribution >= 4 is 0 Å². The van der Waals surface area contributed by atoms with Crippen molar-refractivity contribution in [1.29, 1.82) is 0 Å². The molecule has 1 aliphatic heterocycles. The number of aliphatic hydroxyl groups excluding tert-OH is 3. The maximum atomic E-state index is 9.65. The Balaban J connectivity index is 2.73. The zero-order chi connectivity index (χ0) is 10.7. The van der Waals surface area contributed by atoms with E-state index in [9.17, 15) is 10.2 Å². The highest BCUT2D eigenvalue weighted by molar-refractivity contribution is 4.90. The standard InChI is InChI=1S/C8H16O6/c1-12-6-5(10)4(3-9)14-8(11)7(6)13-2/h4-11H,3H2,1-2H3/t4-,5-,6-,7+,8-/m0/s1. The van der Waals surface area contributed by atoms with Gasteiger partial charge in [-0.15, -0.1) is 0 Å². The first-order chi connectivity index (χ1) is 6.65. The summed E-state index contributed by atoms with van der Waals surface area (Å²) in [7, 11) is 2.78. The van der Waals surface area contributed by atoms with Crippen LogP contribution in [-0.4, -0.2) is 66.9 Å². The molecule has 1 heterocycles. The lowest BCUT2D eigenvalue weighted by Gasteiger charge is -2.40. The van der Waals surface area contributed by atoms with E-state index in [2.05, 4.69) is 0 Å². The molecule has 0 unspecified atom stereocenters. The van der Waals surface area contributed by atoms with Crippen molar-refractivity contribution in [1.82, 2.24) is 0 Å². The minimum absolute atomic E-state index is 0.380. The van der Waals surface area contributed by atoms with Gasteiger partial charge in [0.05, 0.1) is 6.61 Å². The van der Waals surface area contributed by atoms with Gasteiger partial charge in [0, 0.05) is 14.2 Å². The van der Waals surface area contributed by atoms with E-state index < -0.39 is 30.7 Å². The van der Waals surface area contributed by atoms with Crippen LogP contribution in [0, 0.1) is 0 Å². The summed E-state index contributed by atoms with van der Waals surface area (Å²) >= 11 is 0. The second-order valence-electron chi connectivity index (χ2n) is 3.14. The third-order valence-corrected chi connectivity index (χ3v) is 2.36. The first-order valence-corrected chi connectivity index (χ1v) is 4.33. The van der Waals surface area contributed by atoms with Crippen LogP contribution in [0.2, 0.25) is 0 Å². The van der Waals surface area contributed by atoms with Gasteiger partial charge in [-0.25, -0.2) is 0 Å². The van der Waals surface area contributed by atoms with Crippen LogP contribution < -0.4 is 0 Å². The maximum absolute atomic E-state index is 9.65. The minimum Gasteiger partial charge on any atom is -0.394 e. The fourth-order valence-corrected chi connectivity index (χ4v) is 1.58. The van der Waals surface area contributed by atoms with Gasteiger partial charge in [0.25, 0.3) is 0 Å². The number of rotatable bonds is 3. The van der Waals surface area contributed by atoms with Crippen molar-refractivity contribution in [3.05, 3.63) is 0 Å². The molecule has 3 N–H and O–H groups in total. The molecule has 1 saturated heterocycles. The Morgan fingerprint density at radius 1 is 1.14 bits per heavy atom. The number of aliphatic hydroxyl groups is 3. The van der Waals surface area contributed by atoms with E-state index in [-0.39, 0.29) is 6.61 Å². The highest BCUT2D eigenvalue weighted by Crippen LogP contribution is 2.23. The Kier molecular flexibility index (Phi) is 4.24. The van der Waals surface area contributed by atoms with E-state index in [0.29, 0.717) is 0 Å². The van der Waals surface area contributed by atoms with Gasteiger partial charge in [0.1, 0.15) is 24.4 Å². The van der Waals surface area contributed by atoms with Crippen molar-refractivity contribution in [2.45, 2.75) is 30.7 Å². The van der Waals surface area contributed by atoms with Crippen LogP contribution in [0.15, 0.2) is 0 Å². The summed E-state index contributed by atoms with van der Waals surface area (Å²) in [5.74, 6) is 0. The average molecular weight is 208 g/mol. The van der Waals surface area contributed by atoms with Gasteiger partial charge in [0.15, 0.2) is 6.29 Å². The fraction of sp³-hybridized carbons (Fsp3) is 1.00. The van der Waals surface area contributed by atoms with E-state index in [1.807, 2.05) is 0 Å². The molecule has 1 rings (SSSR count). The summed E-state index contributed by atoms with van der Waals surface area (Å²) in [5.41, 5.74) is 0. The molecule has 0 bridgehead atoms. The van der Waals surface area contributed by atoms with Crippen LogP contribution in [0.25, 0.3) is 0 Å². The molecule has 14 heavy (non-hydrogen) atoms. The van der Waals surface area contributed by atoms with E-state index >= 15 is 0 Å². The lowest BCUT2D eigenvalue weighted by Crippen LogP contribution is -2.59. The first kappa shape index (κ1) is 11.8. The molecule has 0 aliphatic carbocycles. The van der Waals surface area contributed by atoms with Crippen LogP contribution in [-0.2, 0) is 14.2 Å². The molecule has 0 aromatic carbocycles. The van der Waals surface area contributed by atoms with Gasteiger partial charge in [-0.3, -0.25) is 0 Å². The summed E-state index contributed by atoms with van der Waals surface area (Å²) in [4.78, 5) is 0. The Labute approximate surface area is 82.0 Å². The summed E-state index contributed by atoms with van der Waals surface area (Å²) in [5, 5.41) is 27.9. The lowest BCUT2D eigenvalue weighted by atomic mass is 9.99. The van der Waals surface area contributed by atoms with E-state index in [4.69, 9.17) is 19.3 Å². The molecule has 1 fully saturated rings. The second kappa shape index (κ2) is 5.01. The van der Waals surface area contributed by atoms with Crippen LogP contribution in [0.5, 0.6) is 0 Å². The minimum atomic E-state index is -1.20. The van der Waals surface area contributed by atoms with Gasteiger partial charge in [0.2, 0.25) is 0 Å². The monoisotopic (exact) mass is 208 g/mol. The number of hydrogen-bond acceptors (Lipinski definition) is 6. The Hall–Kier alpha value is -0.240. The quantitative estimate of drug-likeness (QED) is 0.501. The molecule has 0 aromatic rings. The molecule has 1 aliphatic rings. The predicted octanol–water partition coefficient (Wildman–Crippen LogP) is -1.91. The summed E-state index contributed by atoms with van der Waals surface area (Å²) in [6.45, 7) is -0.380. The summed E-state index contributed by atoms with van der Waals surface area (Å²) in [6, 6.07) is 0. The van der Waals surface area contributed by atoms with Crippen LogP contribution in [0.1, 0.15) is 0 Å². The zero-order valence-electron chi connectivity index (χ0n) is 8.16. The van der Waals surface area contributed by atoms with Gasteiger partial charge < -0.3 is 29.5 Å². The van der Waals surface area contributed by atoms with Crippen LogP contribution in [0.3, 0.4) is 0 Å². The molecule has 0 amide bonds. The molecule has 0 spiro atoms. The van der Waals surface area contributed by atoms with E-state index in [0.717, 1.165) is 0 Å². The van der Waals surface area contributed by atoms with Gasteiger partial charge >= 0.3 is 0 Å². The Bertz CT molecular complexity index is 175. The van der Waals surface area contributed by atoms with Gasteiger partial charge in [-0.1, -0.05) is 0 Å². The topological polar surface area (TPSA) is 88.4 Å². The van der Waals surface area contributed by atoms with Crippen LogP contribution in [0.4, 0.5) is 0 Å². The Morgan fingerprint density at radius 3 is 2.14 bits per heavy atom. The third-order valence-electron chi connectivity index (χ3n) is 2.36. The SMILES string of the molecule is CO[C@@H]1[C@@H](OC)[C@@H](O)[C@H](CO)O[C@@H]1O. The Morgan fingerprint density at radius 2 is 1.71 bits per heavy atom. The van der Waals surface area contributed by atoms with E-state index in [1.54, 1.807) is 0 Å². The second-order valence-corrected chi connectivity index (χ2v) is 3.14. The summed E-state index contributed by atoms with van der Waals surface area (Å²) in [6.07, 6.45) is -4.52.